The van der Waals surface area contributed by atoms with Crippen LogP contribution in [0, 0.1) is 5.92 Å². The van der Waals surface area contributed by atoms with Gasteiger partial charge in [-0.2, -0.15) is 0 Å². The van der Waals surface area contributed by atoms with Gasteiger partial charge in [0.15, 0.2) is 15.6 Å². The molecule has 2 heterocycles. The van der Waals surface area contributed by atoms with E-state index in [1.807, 2.05) is 0 Å². The number of hydrogen-bond acceptors (Lipinski definition) is 5. The first-order valence-electron chi connectivity index (χ1n) is 8.17. The van der Waals surface area contributed by atoms with Gasteiger partial charge in [0.05, 0.1) is 17.4 Å². The smallest absolute Gasteiger partial charge is 0.227 e. The van der Waals surface area contributed by atoms with Crippen molar-refractivity contribution in [2.45, 2.75) is 25.8 Å². The van der Waals surface area contributed by atoms with Crippen molar-refractivity contribution in [3.05, 3.63) is 29.8 Å². The summed E-state index contributed by atoms with van der Waals surface area (Å²) in [4.78, 5) is 37.4. The van der Waals surface area contributed by atoms with Crippen molar-refractivity contribution < 1.29 is 22.8 Å². The summed E-state index contributed by atoms with van der Waals surface area (Å²) in [6.07, 6.45) is 0.519. The summed E-state index contributed by atoms with van der Waals surface area (Å²) >= 11 is 0. The maximum atomic E-state index is 12.3. The van der Waals surface area contributed by atoms with E-state index < -0.39 is 15.8 Å². The lowest BCUT2D eigenvalue weighted by atomic mass is 10.1. The molecule has 134 valence electrons. The molecule has 8 heteroatoms. The summed E-state index contributed by atoms with van der Waals surface area (Å²) in [6, 6.07) is 6.33. The zero-order chi connectivity index (χ0) is 18.2. The van der Waals surface area contributed by atoms with Crippen molar-refractivity contribution in [1.29, 1.82) is 0 Å². The maximum absolute atomic E-state index is 12.3. The van der Waals surface area contributed by atoms with Gasteiger partial charge in [-0.1, -0.05) is 0 Å². The second kappa shape index (κ2) is 6.59. The number of carbonyl (C=O) groups is 3. The van der Waals surface area contributed by atoms with Gasteiger partial charge in [-0.05, 0) is 37.6 Å². The molecule has 2 unspecified atom stereocenters. The topological polar surface area (TPSA) is 101 Å². The fourth-order valence-electron chi connectivity index (χ4n) is 3.24. The molecule has 0 aliphatic carbocycles. The SMILES string of the molecule is CC(=O)c1ccc(N2CC(C(=O)NC3CCS(=O)(=O)C3)CC2=O)cc1. The van der Waals surface area contributed by atoms with E-state index in [1.54, 1.807) is 24.3 Å². The number of nitrogens with one attached hydrogen (secondary N) is 1. The highest BCUT2D eigenvalue weighted by Crippen LogP contribution is 2.26. The molecule has 2 fully saturated rings. The summed E-state index contributed by atoms with van der Waals surface area (Å²) in [5.41, 5.74) is 1.21. The minimum atomic E-state index is -3.06. The van der Waals surface area contributed by atoms with E-state index in [0.29, 0.717) is 17.7 Å². The summed E-state index contributed by atoms with van der Waals surface area (Å²) in [5, 5.41) is 2.75. The Kier molecular flexibility index (Phi) is 4.64. The van der Waals surface area contributed by atoms with Gasteiger partial charge in [-0.25, -0.2) is 8.42 Å². The minimum Gasteiger partial charge on any atom is -0.352 e. The van der Waals surface area contributed by atoms with Crippen LogP contribution in [-0.2, 0) is 19.4 Å². The van der Waals surface area contributed by atoms with Crippen molar-refractivity contribution >= 4 is 33.1 Å². The molecule has 2 saturated heterocycles. The highest BCUT2D eigenvalue weighted by atomic mass is 32.2. The molecule has 0 bridgehead atoms. The van der Waals surface area contributed by atoms with Gasteiger partial charge in [0.2, 0.25) is 11.8 Å². The predicted molar refractivity (Wildman–Crippen MR) is 92.1 cm³/mol. The number of hydrogen-bond donors (Lipinski definition) is 1. The van der Waals surface area contributed by atoms with Crippen LogP contribution in [-0.4, -0.2) is 50.1 Å². The van der Waals surface area contributed by atoms with E-state index in [1.165, 1.54) is 11.8 Å². The Bertz CT molecular complexity index is 816. The summed E-state index contributed by atoms with van der Waals surface area (Å²) in [5.74, 6) is -0.925. The largest absolute Gasteiger partial charge is 0.352 e. The van der Waals surface area contributed by atoms with Crippen LogP contribution in [0.5, 0.6) is 0 Å². The summed E-state index contributed by atoms with van der Waals surface area (Å²) in [6.45, 7) is 1.73. The zero-order valence-electron chi connectivity index (χ0n) is 13.9. The van der Waals surface area contributed by atoms with E-state index in [9.17, 15) is 22.8 Å². The third-order valence-corrected chi connectivity index (χ3v) is 6.43. The Morgan fingerprint density at radius 1 is 1.20 bits per heavy atom. The van der Waals surface area contributed by atoms with Crippen LogP contribution in [0.4, 0.5) is 5.69 Å². The van der Waals surface area contributed by atoms with Crippen LogP contribution in [0.1, 0.15) is 30.1 Å². The van der Waals surface area contributed by atoms with Gasteiger partial charge < -0.3 is 10.2 Å². The molecule has 0 saturated carbocycles. The number of ketones is 1. The van der Waals surface area contributed by atoms with Gasteiger partial charge in [-0.3, -0.25) is 14.4 Å². The van der Waals surface area contributed by atoms with Crippen molar-refractivity contribution in [3.63, 3.8) is 0 Å². The molecule has 0 radical (unpaired) electrons. The molecule has 25 heavy (non-hydrogen) atoms. The third-order valence-electron chi connectivity index (χ3n) is 4.66. The number of amides is 2. The molecule has 1 N–H and O–H groups in total. The number of anilines is 1. The summed E-state index contributed by atoms with van der Waals surface area (Å²) < 4.78 is 22.9. The van der Waals surface area contributed by atoms with E-state index in [0.717, 1.165) is 0 Å². The van der Waals surface area contributed by atoms with E-state index >= 15 is 0 Å². The first kappa shape index (κ1) is 17.6. The van der Waals surface area contributed by atoms with Crippen molar-refractivity contribution in [1.82, 2.24) is 5.32 Å². The fraction of sp³-hybridized carbons (Fsp3) is 0.471. The maximum Gasteiger partial charge on any atom is 0.227 e. The molecule has 0 spiro atoms. The number of rotatable bonds is 4. The first-order valence-corrected chi connectivity index (χ1v) is 9.99. The van der Waals surface area contributed by atoms with Crippen molar-refractivity contribution in [3.8, 4) is 0 Å². The quantitative estimate of drug-likeness (QED) is 0.786. The number of nitrogens with zero attached hydrogens (tertiary/aromatic N) is 1. The summed E-state index contributed by atoms with van der Waals surface area (Å²) in [7, 11) is -3.06. The second-order valence-corrected chi connectivity index (χ2v) is 8.85. The first-order chi connectivity index (χ1) is 11.7. The molecule has 0 aromatic heterocycles. The lowest BCUT2D eigenvalue weighted by Gasteiger charge is -2.18. The molecular formula is C17H20N2O5S. The van der Waals surface area contributed by atoms with Crippen LogP contribution < -0.4 is 10.2 Å². The highest BCUT2D eigenvalue weighted by Gasteiger charge is 2.37. The number of sulfone groups is 1. The molecule has 1 aromatic carbocycles. The van der Waals surface area contributed by atoms with E-state index in [-0.39, 0.29) is 48.1 Å². The average molecular weight is 364 g/mol. The molecule has 2 aliphatic rings. The molecule has 2 aliphatic heterocycles. The van der Waals surface area contributed by atoms with Gasteiger partial charge in [0.25, 0.3) is 0 Å². The zero-order valence-corrected chi connectivity index (χ0v) is 14.7. The Morgan fingerprint density at radius 2 is 1.88 bits per heavy atom. The normalized spacial score (nSPS) is 25.2. The van der Waals surface area contributed by atoms with Gasteiger partial charge in [-0.15, -0.1) is 0 Å². The number of benzene rings is 1. The lowest BCUT2D eigenvalue weighted by molar-refractivity contribution is -0.126. The van der Waals surface area contributed by atoms with Crippen LogP contribution in [0.2, 0.25) is 0 Å². The second-order valence-electron chi connectivity index (χ2n) is 6.62. The predicted octanol–water partition coefficient (Wildman–Crippen LogP) is 0.545. The molecular weight excluding hydrogens is 344 g/mol. The van der Waals surface area contributed by atoms with E-state index in [4.69, 9.17) is 0 Å². The molecule has 1 aromatic rings. The highest BCUT2D eigenvalue weighted by molar-refractivity contribution is 7.91. The molecule has 2 amide bonds. The molecule has 7 nitrogen and oxygen atoms in total. The van der Waals surface area contributed by atoms with Crippen molar-refractivity contribution in [2.75, 3.05) is 23.0 Å². The average Bonchev–Trinajstić information content (AvgIpc) is 3.10. The standard InChI is InChI=1S/C17H20N2O5S/c1-11(20)12-2-4-15(5-3-12)19-9-13(8-16(19)21)17(22)18-14-6-7-25(23,24)10-14/h2-5,13-14H,6-10H2,1H3,(H,18,22). The van der Waals surface area contributed by atoms with Crippen LogP contribution in [0.25, 0.3) is 0 Å². The van der Waals surface area contributed by atoms with Crippen molar-refractivity contribution in [2.24, 2.45) is 5.92 Å². The Hall–Kier alpha value is -2.22. The molecule has 3 rings (SSSR count). The van der Waals surface area contributed by atoms with Gasteiger partial charge in [0.1, 0.15) is 0 Å². The van der Waals surface area contributed by atoms with Crippen LogP contribution in [0.3, 0.4) is 0 Å². The van der Waals surface area contributed by atoms with Crippen LogP contribution >= 0.6 is 0 Å². The fourth-order valence-corrected chi connectivity index (χ4v) is 4.91. The van der Waals surface area contributed by atoms with E-state index in [2.05, 4.69) is 5.32 Å². The van der Waals surface area contributed by atoms with Gasteiger partial charge >= 0.3 is 0 Å². The minimum absolute atomic E-state index is 0.0321. The molecule has 2 atom stereocenters. The Morgan fingerprint density at radius 3 is 2.44 bits per heavy atom. The monoisotopic (exact) mass is 364 g/mol. The lowest BCUT2D eigenvalue weighted by Crippen LogP contribution is -2.40. The number of carbonyl (C=O) groups excluding carboxylic acids is 3. The Labute approximate surface area is 146 Å². The third kappa shape index (κ3) is 3.89. The number of Topliss-reactive ketones (excluding diaryl/α,β-unsaturated/α-hetero) is 1. The van der Waals surface area contributed by atoms with Gasteiger partial charge in [0, 0.05) is 30.3 Å². The van der Waals surface area contributed by atoms with Crippen LogP contribution in [0.15, 0.2) is 24.3 Å². The Balaban J connectivity index is 1.63.